The standard InChI is InChI=1S/C12H11N3O4S/c13-7-1-2-20-12(7)5-14-8-3-10-11(19-6-18-10)4-9(8)15(16)17/h1-4,14H,5-6,13H2. The molecule has 7 nitrogen and oxygen atoms in total. The summed E-state index contributed by atoms with van der Waals surface area (Å²) in [6.07, 6.45) is 0. The van der Waals surface area contributed by atoms with Crippen LogP contribution in [-0.4, -0.2) is 11.7 Å². The molecule has 0 saturated carbocycles. The third kappa shape index (κ3) is 2.21. The van der Waals surface area contributed by atoms with Gasteiger partial charge in [0, 0.05) is 16.6 Å². The Labute approximate surface area is 118 Å². The number of hydrogen-bond donors (Lipinski definition) is 2. The van der Waals surface area contributed by atoms with Gasteiger partial charge in [-0.1, -0.05) is 0 Å². The Balaban J connectivity index is 1.88. The van der Waals surface area contributed by atoms with Gasteiger partial charge in [-0.15, -0.1) is 11.3 Å². The van der Waals surface area contributed by atoms with E-state index >= 15 is 0 Å². The van der Waals surface area contributed by atoms with E-state index in [1.807, 2.05) is 5.38 Å². The third-order valence-electron chi connectivity index (χ3n) is 2.91. The Kier molecular flexibility index (Phi) is 3.07. The predicted molar refractivity (Wildman–Crippen MR) is 75.3 cm³/mol. The molecule has 0 spiro atoms. The predicted octanol–water partition coefficient (Wildman–Crippen LogP) is 2.58. The van der Waals surface area contributed by atoms with E-state index in [1.165, 1.54) is 17.4 Å². The van der Waals surface area contributed by atoms with Gasteiger partial charge >= 0.3 is 0 Å². The molecule has 0 fully saturated rings. The maximum Gasteiger partial charge on any atom is 0.296 e. The van der Waals surface area contributed by atoms with Crippen LogP contribution >= 0.6 is 11.3 Å². The number of nitrogen functional groups attached to an aromatic ring is 1. The van der Waals surface area contributed by atoms with Gasteiger partial charge in [-0.25, -0.2) is 0 Å². The van der Waals surface area contributed by atoms with E-state index < -0.39 is 4.92 Å². The van der Waals surface area contributed by atoms with E-state index in [4.69, 9.17) is 15.2 Å². The zero-order valence-corrected chi connectivity index (χ0v) is 11.1. The van der Waals surface area contributed by atoms with Crippen LogP contribution in [0.15, 0.2) is 23.6 Å². The summed E-state index contributed by atoms with van der Waals surface area (Å²) >= 11 is 1.50. The Morgan fingerprint density at radius 1 is 1.40 bits per heavy atom. The number of nitrogens with one attached hydrogen (secondary N) is 1. The fourth-order valence-corrected chi connectivity index (χ4v) is 2.63. The lowest BCUT2D eigenvalue weighted by atomic mass is 10.2. The van der Waals surface area contributed by atoms with Gasteiger partial charge in [0.2, 0.25) is 6.79 Å². The molecule has 0 radical (unpaired) electrons. The highest BCUT2D eigenvalue weighted by Crippen LogP contribution is 2.40. The van der Waals surface area contributed by atoms with Crippen LogP contribution in [0.5, 0.6) is 11.5 Å². The van der Waals surface area contributed by atoms with Gasteiger partial charge in [-0.05, 0) is 11.4 Å². The molecular formula is C12H11N3O4S. The summed E-state index contributed by atoms with van der Waals surface area (Å²) < 4.78 is 10.4. The van der Waals surface area contributed by atoms with Gasteiger partial charge in [-0.2, -0.15) is 0 Å². The van der Waals surface area contributed by atoms with Crippen molar-refractivity contribution in [2.75, 3.05) is 17.8 Å². The summed E-state index contributed by atoms with van der Waals surface area (Å²) in [7, 11) is 0. The zero-order valence-electron chi connectivity index (χ0n) is 10.3. The molecular weight excluding hydrogens is 282 g/mol. The molecule has 3 rings (SSSR count). The van der Waals surface area contributed by atoms with E-state index in [9.17, 15) is 10.1 Å². The van der Waals surface area contributed by atoms with Crippen LogP contribution in [0.3, 0.4) is 0 Å². The van der Waals surface area contributed by atoms with Crippen molar-refractivity contribution in [2.24, 2.45) is 0 Å². The van der Waals surface area contributed by atoms with E-state index in [1.54, 1.807) is 12.1 Å². The van der Waals surface area contributed by atoms with Crippen molar-refractivity contribution < 1.29 is 14.4 Å². The molecule has 0 aliphatic carbocycles. The number of fused-ring (bicyclic) bond motifs is 1. The summed E-state index contributed by atoms with van der Waals surface area (Å²) in [6.45, 7) is 0.498. The number of nitrogens with zero attached hydrogens (tertiary/aromatic N) is 1. The highest BCUT2D eigenvalue weighted by Gasteiger charge is 2.23. The van der Waals surface area contributed by atoms with Crippen molar-refractivity contribution in [1.29, 1.82) is 0 Å². The highest BCUT2D eigenvalue weighted by atomic mass is 32.1. The van der Waals surface area contributed by atoms with E-state index in [0.717, 1.165) is 4.88 Å². The number of anilines is 2. The Hall–Kier alpha value is -2.48. The van der Waals surface area contributed by atoms with E-state index in [2.05, 4.69) is 5.32 Å². The molecule has 0 atom stereocenters. The molecule has 0 bridgehead atoms. The lowest BCUT2D eigenvalue weighted by Crippen LogP contribution is -2.03. The van der Waals surface area contributed by atoms with Crippen LogP contribution in [0, 0.1) is 10.1 Å². The minimum Gasteiger partial charge on any atom is -0.454 e. The second-order valence-corrected chi connectivity index (χ2v) is 5.13. The SMILES string of the molecule is Nc1ccsc1CNc1cc2c(cc1[N+](=O)[O-])OCO2. The van der Waals surface area contributed by atoms with Crippen molar-refractivity contribution in [1.82, 2.24) is 0 Å². The van der Waals surface area contributed by atoms with Crippen LogP contribution in [0.1, 0.15) is 4.88 Å². The number of thiophene rings is 1. The number of hydrogen-bond acceptors (Lipinski definition) is 7. The van der Waals surface area contributed by atoms with Crippen molar-refractivity contribution in [3.05, 3.63) is 38.6 Å². The molecule has 0 unspecified atom stereocenters. The Morgan fingerprint density at radius 2 is 2.15 bits per heavy atom. The summed E-state index contributed by atoms with van der Waals surface area (Å²) in [5.41, 5.74) is 6.79. The number of rotatable bonds is 4. The minimum atomic E-state index is -0.456. The van der Waals surface area contributed by atoms with Gasteiger partial charge in [0.05, 0.1) is 17.5 Å². The molecule has 0 saturated heterocycles. The summed E-state index contributed by atoms with van der Waals surface area (Å²) in [4.78, 5) is 11.6. The van der Waals surface area contributed by atoms with Crippen molar-refractivity contribution in [3.63, 3.8) is 0 Å². The van der Waals surface area contributed by atoms with Crippen LogP contribution in [0.2, 0.25) is 0 Å². The lowest BCUT2D eigenvalue weighted by molar-refractivity contribution is -0.384. The molecule has 20 heavy (non-hydrogen) atoms. The summed E-state index contributed by atoms with van der Waals surface area (Å²) in [5.74, 6) is 0.884. The quantitative estimate of drug-likeness (QED) is 0.664. The molecule has 0 amide bonds. The van der Waals surface area contributed by atoms with E-state index in [-0.39, 0.29) is 12.5 Å². The first kappa shape index (κ1) is 12.5. The Bertz CT molecular complexity index is 671. The average molecular weight is 293 g/mol. The minimum absolute atomic E-state index is 0.0515. The number of benzene rings is 1. The lowest BCUT2D eigenvalue weighted by Gasteiger charge is -2.07. The monoisotopic (exact) mass is 293 g/mol. The highest BCUT2D eigenvalue weighted by molar-refractivity contribution is 7.10. The Morgan fingerprint density at radius 3 is 2.80 bits per heavy atom. The number of nitro groups is 1. The fourth-order valence-electron chi connectivity index (χ4n) is 1.89. The first-order valence-electron chi connectivity index (χ1n) is 5.79. The first-order valence-corrected chi connectivity index (χ1v) is 6.67. The first-order chi connectivity index (χ1) is 9.65. The molecule has 1 aliphatic heterocycles. The second kappa shape index (κ2) is 4.89. The third-order valence-corrected chi connectivity index (χ3v) is 3.84. The van der Waals surface area contributed by atoms with Gasteiger partial charge in [0.25, 0.3) is 5.69 Å². The number of nitro benzene ring substituents is 1. The second-order valence-electron chi connectivity index (χ2n) is 4.13. The average Bonchev–Trinajstić information content (AvgIpc) is 3.03. The van der Waals surface area contributed by atoms with Crippen molar-refractivity contribution in [2.45, 2.75) is 6.54 Å². The molecule has 2 heterocycles. The van der Waals surface area contributed by atoms with Gasteiger partial charge < -0.3 is 20.5 Å². The molecule has 8 heteroatoms. The molecule has 1 aliphatic rings. The van der Waals surface area contributed by atoms with Gasteiger partial charge in [-0.3, -0.25) is 10.1 Å². The smallest absolute Gasteiger partial charge is 0.296 e. The maximum atomic E-state index is 11.1. The van der Waals surface area contributed by atoms with Crippen molar-refractivity contribution >= 4 is 28.4 Å². The largest absolute Gasteiger partial charge is 0.454 e. The molecule has 2 aromatic rings. The maximum absolute atomic E-state index is 11.1. The van der Waals surface area contributed by atoms with Crippen LogP contribution in [-0.2, 0) is 6.54 Å². The fraction of sp³-hybridized carbons (Fsp3) is 0.167. The van der Waals surface area contributed by atoms with Crippen LogP contribution < -0.4 is 20.5 Å². The number of nitrogens with two attached hydrogens (primary N) is 1. The van der Waals surface area contributed by atoms with Gasteiger partial charge in [0.1, 0.15) is 5.69 Å². The summed E-state index contributed by atoms with van der Waals surface area (Å²) in [6, 6.07) is 4.74. The molecule has 104 valence electrons. The number of ether oxygens (including phenoxy) is 2. The van der Waals surface area contributed by atoms with Gasteiger partial charge in [0.15, 0.2) is 11.5 Å². The topological polar surface area (TPSA) is 99.7 Å². The normalized spacial score (nSPS) is 12.4. The molecule has 1 aromatic heterocycles. The van der Waals surface area contributed by atoms with E-state index in [0.29, 0.717) is 29.4 Å². The van der Waals surface area contributed by atoms with Crippen molar-refractivity contribution in [3.8, 4) is 11.5 Å². The summed E-state index contributed by atoms with van der Waals surface area (Å²) in [5, 5.41) is 16.0. The molecule has 1 aromatic carbocycles. The van der Waals surface area contributed by atoms with Crippen LogP contribution in [0.25, 0.3) is 0 Å². The van der Waals surface area contributed by atoms with Crippen LogP contribution in [0.4, 0.5) is 17.1 Å². The molecule has 3 N–H and O–H groups in total. The zero-order chi connectivity index (χ0) is 14.1.